The molecule has 29 heavy (non-hydrogen) atoms. The van der Waals surface area contributed by atoms with E-state index in [-0.39, 0.29) is 16.3 Å². The number of nitro benzene ring substituents is 1. The molecular weight excluding hydrogens is 392 g/mol. The number of fused-ring (bicyclic) bond motifs is 1. The second kappa shape index (κ2) is 8.05. The lowest BCUT2D eigenvalue weighted by Gasteiger charge is -2.30. The Bertz CT molecular complexity index is 1100. The Morgan fingerprint density at radius 2 is 1.90 bits per heavy atom. The molecular formula is C21H19ClN4O3. The number of carbonyl (C=O) groups excluding carboxylic acids is 1. The van der Waals surface area contributed by atoms with Gasteiger partial charge in [-0.15, -0.1) is 0 Å². The number of benzene rings is 2. The fourth-order valence-corrected chi connectivity index (χ4v) is 3.95. The number of halogens is 1. The van der Waals surface area contributed by atoms with Crippen LogP contribution in [0.3, 0.4) is 0 Å². The Kier molecular flexibility index (Phi) is 5.31. The van der Waals surface area contributed by atoms with Gasteiger partial charge in [0.2, 0.25) is 0 Å². The predicted molar refractivity (Wildman–Crippen MR) is 114 cm³/mol. The first-order valence-electron chi connectivity index (χ1n) is 9.41. The first-order chi connectivity index (χ1) is 14.0. The number of amides is 1. The van der Waals surface area contributed by atoms with Crippen LogP contribution in [0.1, 0.15) is 29.6 Å². The summed E-state index contributed by atoms with van der Waals surface area (Å²) in [7, 11) is 0. The number of nitrogens with one attached hydrogen (secondary N) is 1. The van der Waals surface area contributed by atoms with Crippen LogP contribution in [-0.2, 0) is 0 Å². The van der Waals surface area contributed by atoms with Crippen molar-refractivity contribution in [2.75, 3.05) is 23.3 Å². The van der Waals surface area contributed by atoms with Crippen LogP contribution in [0.15, 0.2) is 48.8 Å². The summed E-state index contributed by atoms with van der Waals surface area (Å²) >= 11 is 6.10. The lowest BCUT2D eigenvalue weighted by molar-refractivity contribution is -0.384. The standard InChI is InChI=1S/C21H19ClN4O3/c22-18-12-14(26(28)29)4-5-16(18)21(27)24-19-6-7-20(25-10-2-1-3-11-25)15-8-9-23-13-17(15)19/h4-9,12-13H,1-3,10-11H2,(H,24,27). The number of rotatable bonds is 4. The lowest BCUT2D eigenvalue weighted by atomic mass is 10.0. The van der Waals surface area contributed by atoms with Crippen LogP contribution in [0.25, 0.3) is 10.8 Å². The molecule has 1 saturated heterocycles. The van der Waals surface area contributed by atoms with E-state index in [1.54, 1.807) is 12.4 Å². The lowest BCUT2D eigenvalue weighted by Crippen LogP contribution is -2.29. The highest BCUT2D eigenvalue weighted by molar-refractivity contribution is 6.34. The maximum atomic E-state index is 12.8. The van der Waals surface area contributed by atoms with Crippen LogP contribution in [0, 0.1) is 10.1 Å². The van der Waals surface area contributed by atoms with E-state index < -0.39 is 10.8 Å². The molecule has 0 spiro atoms. The number of hydrogen-bond acceptors (Lipinski definition) is 5. The second-order valence-corrected chi connectivity index (χ2v) is 7.38. The number of piperidine rings is 1. The zero-order valence-electron chi connectivity index (χ0n) is 15.6. The van der Waals surface area contributed by atoms with Gasteiger partial charge < -0.3 is 10.2 Å². The molecule has 1 aliphatic heterocycles. The summed E-state index contributed by atoms with van der Waals surface area (Å²) in [4.78, 5) is 29.7. The molecule has 2 heterocycles. The molecule has 0 radical (unpaired) electrons. The van der Waals surface area contributed by atoms with Crippen molar-refractivity contribution in [3.63, 3.8) is 0 Å². The van der Waals surface area contributed by atoms with E-state index in [2.05, 4.69) is 15.2 Å². The Morgan fingerprint density at radius 3 is 2.62 bits per heavy atom. The van der Waals surface area contributed by atoms with Gasteiger partial charge in [-0.3, -0.25) is 19.9 Å². The van der Waals surface area contributed by atoms with E-state index in [4.69, 9.17) is 11.6 Å². The number of pyridine rings is 1. The molecule has 3 aromatic rings. The van der Waals surface area contributed by atoms with Crippen molar-refractivity contribution < 1.29 is 9.72 Å². The third kappa shape index (κ3) is 3.86. The molecule has 1 N–H and O–H groups in total. The van der Waals surface area contributed by atoms with Crippen LogP contribution in [0.2, 0.25) is 5.02 Å². The highest BCUT2D eigenvalue weighted by Crippen LogP contribution is 2.34. The Hall–Kier alpha value is -3.19. The minimum Gasteiger partial charge on any atom is -0.371 e. The third-order valence-electron chi connectivity index (χ3n) is 5.15. The van der Waals surface area contributed by atoms with Gasteiger partial charge in [-0.2, -0.15) is 0 Å². The van der Waals surface area contributed by atoms with Crippen molar-refractivity contribution in [3.05, 3.63) is 69.5 Å². The highest BCUT2D eigenvalue weighted by Gasteiger charge is 2.18. The third-order valence-corrected chi connectivity index (χ3v) is 5.46. The van der Waals surface area contributed by atoms with Crippen LogP contribution >= 0.6 is 11.6 Å². The smallest absolute Gasteiger partial charge is 0.270 e. The number of nitrogens with zero attached hydrogens (tertiary/aromatic N) is 3. The van der Waals surface area contributed by atoms with Crippen LogP contribution in [0.5, 0.6) is 0 Å². The molecule has 0 unspecified atom stereocenters. The van der Waals surface area contributed by atoms with Crippen molar-refractivity contribution in [3.8, 4) is 0 Å². The van der Waals surface area contributed by atoms with Gasteiger partial charge in [0.25, 0.3) is 11.6 Å². The van der Waals surface area contributed by atoms with Crippen molar-refractivity contribution in [1.29, 1.82) is 0 Å². The van der Waals surface area contributed by atoms with E-state index in [0.29, 0.717) is 5.69 Å². The summed E-state index contributed by atoms with van der Waals surface area (Å²) in [5.41, 5.74) is 1.77. The normalized spacial score (nSPS) is 14.0. The quantitative estimate of drug-likeness (QED) is 0.480. The van der Waals surface area contributed by atoms with Gasteiger partial charge in [-0.05, 0) is 43.5 Å². The van der Waals surface area contributed by atoms with Crippen molar-refractivity contribution in [1.82, 2.24) is 4.98 Å². The number of non-ortho nitro benzene ring substituents is 1. The monoisotopic (exact) mass is 410 g/mol. The van der Waals surface area contributed by atoms with Gasteiger partial charge >= 0.3 is 0 Å². The van der Waals surface area contributed by atoms with Crippen LogP contribution in [0.4, 0.5) is 17.1 Å². The maximum Gasteiger partial charge on any atom is 0.270 e. The number of nitro groups is 1. The number of anilines is 2. The van der Waals surface area contributed by atoms with Crippen LogP contribution < -0.4 is 10.2 Å². The molecule has 0 atom stereocenters. The van der Waals surface area contributed by atoms with Crippen LogP contribution in [-0.4, -0.2) is 28.9 Å². The molecule has 0 saturated carbocycles. The molecule has 148 valence electrons. The molecule has 1 amide bonds. The Balaban J connectivity index is 1.66. The number of aromatic nitrogens is 1. The summed E-state index contributed by atoms with van der Waals surface area (Å²) in [6.45, 7) is 2.03. The molecule has 8 heteroatoms. The second-order valence-electron chi connectivity index (χ2n) is 6.98. The largest absolute Gasteiger partial charge is 0.371 e. The summed E-state index contributed by atoms with van der Waals surface area (Å²) in [6.07, 6.45) is 7.07. The summed E-state index contributed by atoms with van der Waals surface area (Å²) in [5.74, 6) is -0.430. The zero-order chi connectivity index (χ0) is 20.4. The Morgan fingerprint density at radius 1 is 1.10 bits per heavy atom. The van der Waals surface area contributed by atoms with Gasteiger partial charge in [0.05, 0.1) is 21.2 Å². The molecule has 0 bridgehead atoms. The van der Waals surface area contributed by atoms with Crippen molar-refractivity contribution in [2.24, 2.45) is 0 Å². The van der Waals surface area contributed by atoms with E-state index in [0.717, 1.165) is 29.5 Å². The fraction of sp³-hybridized carbons (Fsp3) is 0.238. The SMILES string of the molecule is O=C(Nc1ccc(N2CCCCC2)c2ccncc12)c1ccc([N+](=O)[O-])cc1Cl. The molecule has 4 rings (SSSR count). The van der Waals surface area contributed by atoms with Gasteiger partial charge in [0, 0.05) is 54.1 Å². The topological polar surface area (TPSA) is 88.4 Å². The number of carbonyl (C=O) groups is 1. The fourth-order valence-electron chi connectivity index (χ4n) is 3.69. The highest BCUT2D eigenvalue weighted by atomic mass is 35.5. The number of hydrogen-bond donors (Lipinski definition) is 1. The summed E-state index contributed by atoms with van der Waals surface area (Å²) in [5, 5.41) is 15.6. The zero-order valence-corrected chi connectivity index (χ0v) is 16.4. The molecule has 2 aromatic carbocycles. The molecule has 1 aliphatic rings. The Labute approximate surface area is 172 Å². The minimum atomic E-state index is -0.550. The first kappa shape index (κ1) is 19.1. The first-order valence-corrected chi connectivity index (χ1v) is 9.79. The minimum absolute atomic E-state index is 0.0315. The van der Waals surface area contributed by atoms with Gasteiger partial charge in [-0.1, -0.05) is 11.6 Å². The molecule has 1 aromatic heterocycles. The molecule has 0 aliphatic carbocycles. The van der Waals surface area contributed by atoms with Crippen molar-refractivity contribution >= 4 is 45.3 Å². The van der Waals surface area contributed by atoms with E-state index >= 15 is 0 Å². The summed E-state index contributed by atoms with van der Waals surface area (Å²) < 4.78 is 0. The summed E-state index contributed by atoms with van der Waals surface area (Å²) in [6, 6.07) is 9.63. The maximum absolute atomic E-state index is 12.8. The van der Waals surface area contributed by atoms with Gasteiger partial charge in [0.15, 0.2) is 0 Å². The van der Waals surface area contributed by atoms with E-state index in [1.165, 1.54) is 37.5 Å². The average molecular weight is 411 g/mol. The molecule has 1 fully saturated rings. The van der Waals surface area contributed by atoms with E-state index in [1.807, 2.05) is 18.2 Å². The predicted octanol–water partition coefficient (Wildman–Crippen LogP) is 5.04. The van der Waals surface area contributed by atoms with Crippen molar-refractivity contribution in [2.45, 2.75) is 19.3 Å². The van der Waals surface area contributed by atoms with Gasteiger partial charge in [0.1, 0.15) is 0 Å². The van der Waals surface area contributed by atoms with Gasteiger partial charge in [-0.25, -0.2) is 0 Å². The molecule has 7 nitrogen and oxygen atoms in total. The van der Waals surface area contributed by atoms with E-state index in [9.17, 15) is 14.9 Å². The average Bonchev–Trinajstić information content (AvgIpc) is 2.74.